The van der Waals surface area contributed by atoms with E-state index in [-0.39, 0.29) is 24.4 Å². The number of ketones is 2. The lowest BCUT2D eigenvalue weighted by Gasteiger charge is -1.94. The summed E-state index contributed by atoms with van der Waals surface area (Å²) in [6.45, 7) is 0. The van der Waals surface area contributed by atoms with Crippen LogP contribution in [0.4, 0.5) is 0 Å². The predicted molar refractivity (Wildman–Crippen MR) is 61.8 cm³/mol. The van der Waals surface area contributed by atoms with Gasteiger partial charge >= 0.3 is 5.97 Å². The van der Waals surface area contributed by atoms with Gasteiger partial charge in [0.05, 0.1) is 6.42 Å². The fourth-order valence-corrected chi connectivity index (χ4v) is 1.18. The number of carboxylic acid groups (broad SMARTS) is 1. The number of aliphatic carboxylic acids is 1. The molecule has 1 N–H and O–H groups in total. The summed E-state index contributed by atoms with van der Waals surface area (Å²) in [5.74, 6) is -1.66. The molecule has 17 heavy (non-hydrogen) atoms. The summed E-state index contributed by atoms with van der Waals surface area (Å²) in [6.07, 6.45) is 1.98. The Kier molecular flexibility index (Phi) is 4.81. The Balaban J connectivity index is 2.51. The number of hydrogen-bond donors (Lipinski definition) is 1. The van der Waals surface area contributed by atoms with Crippen LogP contribution in [-0.2, 0) is 9.59 Å². The van der Waals surface area contributed by atoms with Crippen LogP contribution in [0.1, 0.15) is 23.2 Å². The number of rotatable bonds is 6. The van der Waals surface area contributed by atoms with Gasteiger partial charge in [0.15, 0.2) is 11.6 Å². The first kappa shape index (κ1) is 12.8. The van der Waals surface area contributed by atoms with Gasteiger partial charge in [0, 0.05) is 12.0 Å². The van der Waals surface area contributed by atoms with Crippen molar-refractivity contribution in [1.29, 1.82) is 0 Å². The average Bonchev–Trinajstić information content (AvgIpc) is 2.34. The minimum absolute atomic E-state index is 0.0894. The van der Waals surface area contributed by atoms with Crippen molar-refractivity contribution in [2.24, 2.45) is 0 Å². The summed E-state index contributed by atoms with van der Waals surface area (Å²) in [5, 5.41) is 8.37. The van der Waals surface area contributed by atoms with Gasteiger partial charge in [-0.05, 0) is 12.2 Å². The quantitative estimate of drug-likeness (QED) is 0.600. The maximum Gasteiger partial charge on any atom is 0.303 e. The van der Waals surface area contributed by atoms with Crippen molar-refractivity contribution < 1.29 is 19.5 Å². The molecule has 4 heteroatoms. The van der Waals surface area contributed by atoms with E-state index in [1.165, 1.54) is 6.08 Å². The summed E-state index contributed by atoms with van der Waals surface area (Å²) < 4.78 is 0. The smallest absolute Gasteiger partial charge is 0.303 e. The third kappa shape index (κ3) is 4.88. The maximum atomic E-state index is 11.5. The van der Waals surface area contributed by atoms with Crippen LogP contribution in [0.5, 0.6) is 0 Å². The lowest BCUT2D eigenvalue weighted by atomic mass is 10.1. The number of carbonyl (C=O) groups is 3. The Morgan fingerprint density at radius 2 is 1.65 bits per heavy atom. The molecule has 0 fully saturated rings. The second-order valence-corrected chi connectivity index (χ2v) is 3.42. The highest BCUT2D eigenvalue weighted by Gasteiger charge is 2.04. The minimum atomic E-state index is -1.03. The first-order valence-corrected chi connectivity index (χ1v) is 5.11. The third-order valence-electron chi connectivity index (χ3n) is 2.06. The molecular weight excluding hydrogens is 220 g/mol. The Bertz CT molecular complexity index is 446. The van der Waals surface area contributed by atoms with Crippen LogP contribution in [0.15, 0.2) is 42.5 Å². The summed E-state index contributed by atoms with van der Waals surface area (Å²) >= 11 is 0. The zero-order valence-electron chi connectivity index (χ0n) is 9.13. The van der Waals surface area contributed by atoms with Crippen molar-refractivity contribution in [3.05, 3.63) is 48.0 Å². The molecule has 4 nitrogen and oxygen atoms in total. The van der Waals surface area contributed by atoms with Gasteiger partial charge in [0.1, 0.15) is 0 Å². The van der Waals surface area contributed by atoms with Gasteiger partial charge in [0.25, 0.3) is 0 Å². The summed E-state index contributed by atoms with van der Waals surface area (Å²) in [4.78, 5) is 32.9. The molecule has 88 valence electrons. The van der Waals surface area contributed by atoms with E-state index in [0.717, 1.165) is 6.08 Å². The van der Waals surface area contributed by atoms with E-state index >= 15 is 0 Å². The fourth-order valence-electron chi connectivity index (χ4n) is 1.18. The molecule has 0 aliphatic heterocycles. The van der Waals surface area contributed by atoms with Crippen LogP contribution >= 0.6 is 0 Å². The molecule has 0 spiro atoms. The van der Waals surface area contributed by atoms with Crippen LogP contribution < -0.4 is 0 Å². The second-order valence-electron chi connectivity index (χ2n) is 3.42. The van der Waals surface area contributed by atoms with Gasteiger partial charge in [0.2, 0.25) is 0 Å². The SMILES string of the molecule is O=C(O)CCC(=O)/C=C/C(=O)c1ccccc1. The highest BCUT2D eigenvalue weighted by Crippen LogP contribution is 2.01. The van der Waals surface area contributed by atoms with E-state index in [9.17, 15) is 14.4 Å². The van der Waals surface area contributed by atoms with Crippen molar-refractivity contribution in [1.82, 2.24) is 0 Å². The molecular formula is C13H12O4. The normalized spacial score (nSPS) is 10.4. The van der Waals surface area contributed by atoms with Crippen LogP contribution in [0, 0.1) is 0 Å². The number of benzene rings is 1. The molecule has 0 aromatic heterocycles. The molecule has 0 saturated heterocycles. The lowest BCUT2D eigenvalue weighted by Crippen LogP contribution is -2.01. The molecule has 1 aromatic rings. The molecule has 0 bridgehead atoms. The molecule has 0 aliphatic carbocycles. The van der Waals surface area contributed by atoms with Gasteiger partial charge in [-0.3, -0.25) is 14.4 Å². The van der Waals surface area contributed by atoms with E-state index in [4.69, 9.17) is 5.11 Å². The highest BCUT2D eigenvalue weighted by molar-refractivity contribution is 6.08. The first-order valence-electron chi connectivity index (χ1n) is 5.11. The number of carbonyl (C=O) groups excluding carboxylic acids is 2. The van der Waals surface area contributed by atoms with Crippen LogP contribution in [0.3, 0.4) is 0 Å². The lowest BCUT2D eigenvalue weighted by molar-refractivity contribution is -0.138. The maximum absolute atomic E-state index is 11.5. The molecule has 0 aliphatic rings. The van der Waals surface area contributed by atoms with Crippen LogP contribution in [0.25, 0.3) is 0 Å². The molecule has 1 rings (SSSR count). The summed E-state index contributed by atoms with van der Waals surface area (Å²) in [6, 6.07) is 8.54. The standard InChI is InChI=1S/C13H12O4/c14-11(7-9-13(16)17)6-8-12(15)10-4-2-1-3-5-10/h1-6,8H,7,9H2,(H,16,17)/b8-6+. The van der Waals surface area contributed by atoms with Gasteiger partial charge in [-0.15, -0.1) is 0 Å². The van der Waals surface area contributed by atoms with Crippen molar-refractivity contribution in [3.8, 4) is 0 Å². The monoisotopic (exact) mass is 232 g/mol. The van der Waals surface area contributed by atoms with Crippen molar-refractivity contribution in [2.75, 3.05) is 0 Å². The Morgan fingerprint density at radius 3 is 2.24 bits per heavy atom. The van der Waals surface area contributed by atoms with Crippen LogP contribution in [-0.4, -0.2) is 22.6 Å². The molecule has 0 atom stereocenters. The zero-order chi connectivity index (χ0) is 12.7. The summed E-state index contributed by atoms with van der Waals surface area (Å²) in [5.41, 5.74) is 0.495. The highest BCUT2D eigenvalue weighted by atomic mass is 16.4. The Labute approximate surface area is 98.6 Å². The van der Waals surface area contributed by atoms with Gasteiger partial charge in [-0.2, -0.15) is 0 Å². The fraction of sp³-hybridized carbons (Fsp3) is 0.154. The zero-order valence-corrected chi connectivity index (χ0v) is 9.13. The largest absolute Gasteiger partial charge is 0.481 e. The van der Waals surface area contributed by atoms with E-state index in [0.29, 0.717) is 5.56 Å². The Hall–Kier alpha value is -2.23. The number of hydrogen-bond acceptors (Lipinski definition) is 3. The topological polar surface area (TPSA) is 71.4 Å². The predicted octanol–water partition coefficient (Wildman–Crippen LogP) is 1.86. The van der Waals surface area contributed by atoms with Crippen molar-refractivity contribution in [3.63, 3.8) is 0 Å². The number of carboxylic acids is 1. The molecule has 0 amide bonds. The van der Waals surface area contributed by atoms with Gasteiger partial charge < -0.3 is 5.11 Å². The van der Waals surface area contributed by atoms with Crippen molar-refractivity contribution in [2.45, 2.75) is 12.8 Å². The Morgan fingerprint density at radius 1 is 1.00 bits per heavy atom. The molecule has 0 unspecified atom stereocenters. The number of allylic oxidation sites excluding steroid dienone is 2. The molecule has 1 aromatic carbocycles. The van der Waals surface area contributed by atoms with E-state index in [2.05, 4.69) is 0 Å². The second kappa shape index (κ2) is 6.37. The van der Waals surface area contributed by atoms with Crippen LogP contribution in [0.2, 0.25) is 0 Å². The molecule has 0 radical (unpaired) electrons. The summed E-state index contributed by atoms with van der Waals surface area (Å²) in [7, 11) is 0. The third-order valence-corrected chi connectivity index (χ3v) is 2.06. The van der Waals surface area contributed by atoms with Gasteiger partial charge in [-0.1, -0.05) is 30.3 Å². The van der Waals surface area contributed by atoms with E-state index in [1.807, 2.05) is 0 Å². The molecule has 0 heterocycles. The first-order chi connectivity index (χ1) is 8.09. The van der Waals surface area contributed by atoms with E-state index < -0.39 is 5.97 Å². The van der Waals surface area contributed by atoms with Crippen molar-refractivity contribution >= 4 is 17.5 Å². The molecule has 0 saturated carbocycles. The minimum Gasteiger partial charge on any atom is -0.481 e. The van der Waals surface area contributed by atoms with Gasteiger partial charge in [-0.25, -0.2) is 0 Å². The van der Waals surface area contributed by atoms with E-state index in [1.54, 1.807) is 30.3 Å². The average molecular weight is 232 g/mol.